The van der Waals surface area contributed by atoms with Gasteiger partial charge >= 0.3 is 0 Å². The summed E-state index contributed by atoms with van der Waals surface area (Å²) in [4.78, 5) is 28.5. The van der Waals surface area contributed by atoms with Gasteiger partial charge in [0.1, 0.15) is 0 Å². The molecule has 2 saturated heterocycles. The Hall–Kier alpha value is -1.10. The Morgan fingerprint density at radius 1 is 0.957 bits per heavy atom. The second kappa shape index (κ2) is 7.65. The molecule has 5 heteroatoms. The first-order chi connectivity index (χ1) is 11.2. The van der Waals surface area contributed by atoms with E-state index in [1.807, 2.05) is 11.8 Å². The summed E-state index contributed by atoms with van der Waals surface area (Å²) in [6, 6.07) is 0.603. The second-order valence-corrected chi connectivity index (χ2v) is 7.46. The highest BCUT2D eigenvalue weighted by molar-refractivity contribution is 5.78. The quantitative estimate of drug-likeness (QED) is 0.837. The average Bonchev–Trinajstić information content (AvgIpc) is 3.43. The summed E-state index contributed by atoms with van der Waals surface area (Å²) in [7, 11) is 0. The van der Waals surface area contributed by atoms with Crippen LogP contribution in [0.15, 0.2) is 0 Å². The molecule has 5 nitrogen and oxygen atoms in total. The van der Waals surface area contributed by atoms with Gasteiger partial charge in [0, 0.05) is 38.0 Å². The summed E-state index contributed by atoms with van der Waals surface area (Å²) in [5.74, 6) is 1.54. The van der Waals surface area contributed by atoms with E-state index in [-0.39, 0.29) is 17.7 Å². The van der Waals surface area contributed by atoms with Crippen molar-refractivity contribution in [2.24, 2.45) is 11.8 Å². The lowest BCUT2D eigenvalue weighted by atomic mass is 9.92. The smallest absolute Gasteiger partial charge is 0.223 e. The summed E-state index contributed by atoms with van der Waals surface area (Å²) in [5.41, 5.74) is 0. The van der Waals surface area contributed by atoms with E-state index >= 15 is 0 Å². The van der Waals surface area contributed by atoms with Crippen molar-refractivity contribution in [2.75, 3.05) is 32.7 Å². The fourth-order valence-corrected chi connectivity index (χ4v) is 3.94. The maximum absolute atomic E-state index is 12.2. The van der Waals surface area contributed by atoms with E-state index in [0.717, 1.165) is 64.3 Å². The number of nitrogens with one attached hydrogen (secondary N) is 1. The van der Waals surface area contributed by atoms with Gasteiger partial charge in [0.25, 0.3) is 0 Å². The van der Waals surface area contributed by atoms with Crippen LogP contribution in [0.3, 0.4) is 0 Å². The van der Waals surface area contributed by atoms with Gasteiger partial charge in [-0.15, -0.1) is 0 Å². The maximum Gasteiger partial charge on any atom is 0.223 e. The molecule has 1 saturated carbocycles. The van der Waals surface area contributed by atoms with E-state index in [9.17, 15) is 9.59 Å². The van der Waals surface area contributed by atoms with Gasteiger partial charge in [-0.25, -0.2) is 0 Å². The van der Waals surface area contributed by atoms with Gasteiger partial charge in [-0.3, -0.25) is 9.59 Å². The third kappa shape index (κ3) is 4.46. The zero-order valence-electron chi connectivity index (χ0n) is 14.4. The van der Waals surface area contributed by atoms with Crippen LogP contribution in [0.25, 0.3) is 0 Å². The van der Waals surface area contributed by atoms with Gasteiger partial charge in [0.15, 0.2) is 0 Å². The molecule has 0 unspecified atom stereocenters. The third-order valence-electron chi connectivity index (χ3n) is 5.80. The number of likely N-dealkylation sites (tertiary alicyclic amines) is 2. The molecule has 130 valence electrons. The number of carbonyl (C=O) groups is 2. The Bertz CT molecular complexity index is 420. The van der Waals surface area contributed by atoms with E-state index in [2.05, 4.69) is 10.2 Å². The molecule has 1 aliphatic carbocycles. The summed E-state index contributed by atoms with van der Waals surface area (Å²) >= 11 is 0. The molecular weight excluding hydrogens is 290 g/mol. The van der Waals surface area contributed by atoms with Crippen LogP contribution in [0, 0.1) is 11.8 Å². The molecule has 3 fully saturated rings. The number of hydrogen-bond donors (Lipinski definition) is 1. The highest BCUT2D eigenvalue weighted by atomic mass is 16.2. The molecule has 2 amide bonds. The van der Waals surface area contributed by atoms with Crippen LogP contribution < -0.4 is 5.32 Å². The Morgan fingerprint density at radius 3 is 2.17 bits per heavy atom. The fraction of sp³-hybridized carbons (Fsp3) is 0.889. The molecule has 0 aromatic heterocycles. The summed E-state index contributed by atoms with van der Waals surface area (Å²) in [6.45, 7) is 6.70. The molecule has 3 rings (SSSR count). The van der Waals surface area contributed by atoms with Gasteiger partial charge in [-0.2, -0.15) is 0 Å². The van der Waals surface area contributed by atoms with Crippen molar-refractivity contribution in [3.63, 3.8) is 0 Å². The minimum atomic E-state index is 0.215. The number of nitrogens with zero attached hydrogens (tertiary/aromatic N) is 2. The molecule has 0 atom stereocenters. The predicted molar refractivity (Wildman–Crippen MR) is 89.9 cm³/mol. The van der Waals surface area contributed by atoms with Crippen LogP contribution in [-0.2, 0) is 9.59 Å². The molecule has 2 heterocycles. The molecule has 3 aliphatic rings. The summed E-state index contributed by atoms with van der Waals surface area (Å²) in [6.07, 6.45) is 7.35. The Morgan fingerprint density at radius 2 is 1.61 bits per heavy atom. The lowest BCUT2D eigenvalue weighted by Gasteiger charge is -2.41. The van der Waals surface area contributed by atoms with Gasteiger partial charge in [0.05, 0.1) is 0 Å². The van der Waals surface area contributed by atoms with Crippen molar-refractivity contribution < 1.29 is 9.59 Å². The Balaban J connectivity index is 1.37. The largest absolute Gasteiger partial charge is 0.356 e. The molecule has 1 N–H and O–H groups in total. The van der Waals surface area contributed by atoms with Gasteiger partial charge < -0.3 is 15.1 Å². The van der Waals surface area contributed by atoms with Crippen molar-refractivity contribution in [1.29, 1.82) is 0 Å². The van der Waals surface area contributed by atoms with E-state index in [1.54, 1.807) is 0 Å². The second-order valence-electron chi connectivity index (χ2n) is 7.46. The minimum absolute atomic E-state index is 0.215. The number of amides is 2. The Kier molecular flexibility index (Phi) is 5.57. The number of carbonyl (C=O) groups excluding carboxylic acids is 2. The maximum atomic E-state index is 12.2. The number of rotatable bonds is 5. The van der Waals surface area contributed by atoms with E-state index in [1.165, 1.54) is 12.8 Å². The first-order valence-electron chi connectivity index (χ1n) is 9.47. The normalized spacial score (nSPS) is 24.7. The highest BCUT2D eigenvalue weighted by Crippen LogP contribution is 2.28. The highest BCUT2D eigenvalue weighted by Gasteiger charge is 2.32. The van der Waals surface area contributed by atoms with Crippen molar-refractivity contribution in [2.45, 2.75) is 57.9 Å². The first-order valence-corrected chi connectivity index (χ1v) is 9.47. The van der Waals surface area contributed by atoms with E-state index in [4.69, 9.17) is 0 Å². The van der Waals surface area contributed by atoms with E-state index in [0.29, 0.717) is 12.5 Å². The van der Waals surface area contributed by atoms with E-state index < -0.39 is 0 Å². The van der Waals surface area contributed by atoms with Crippen molar-refractivity contribution in [3.8, 4) is 0 Å². The number of piperidine rings is 2. The van der Waals surface area contributed by atoms with Crippen molar-refractivity contribution in [1.82, 2.24) is 15.1 Å². The molecule has 23 heavy (non-hydrogen) atoms. The zero-order chi connectivity index (χ0) is 16.2. The average molecular weight is 321 g/mol. The number of hydrogen-bond acceptors (Lipinski definition) is 3. The van der Waals surface area contributed by atoms with Gasteiger partial charge in [0.2, 0.25) is 11.8 Å². The fourth-order valence-electron chi connectivity index (χ4n) is 3.94. The molecule has 2 aliphatic heterocycles. The summed E-state index contributed by atoms with van der Waals surface area (Å²) < 4.78 is 0. The SMILES string of the molecule is CCC(=O)N1CCC(N2CCC(C(=O)NCC3CC3)CC2)CC1. The molecule has 0 radical (unpaired) electrons. The Labute approximate surface area is 139 Å². The monoisotopic (exact) mass is 321 g/mol. The first kappa shape index (κ1) is 16.7. The van der Waals surface area contributed by atoms with Crippen LogP contribution in [0.4, 0.5) is 0 Å². The van der Waals surface area contributed by atoms with Crippen molar-refractivity contribution in [3.05, 3.63) is 0 Å². The lowest BCUT2D eigenvalue weighted by Crippen LogP contribution is -2.50. The molecule has 0 spiro atoms. The van der Waals surface area contributed by atoms with Crippen LogP contribution in [0.5, 0.6) is 0 Å². The van der Waals surface area contributed by atoms with Gasteiger partial charge in [-0.1, -0.05) is 6.92 Å². The van der Waals surface area contributed by atoms with Crippen LogP contribution in [-0.4, -0.2) is 60.4 Å². The van der Waals surface area contributed by atoms with Crippen LogP contribution in [0.1, 0.15) is 51.9 Å². The molecule has 0 bridgehead atoms. The zero-order valence-corrected chi connectivity index (χ0v) is 14.4. The molecule has 0 aromatic rings. The predicted octanol–water partition coefficient (Wildman–Crippen LogP) is 1.63. The topological polar surface area (TPSA) is 52.7 Å². The van der Waals surface area contributed by atoms with Crippen molar-refractivity contribution >= 4 is 11.8 Å². The van der Waals surface area contributed by atoms with Crippen LogP contribution >= 0.6 is 0 Å². The molecular formula is C18H31N3O2. The van der Waals surface area contributed by atoms with Crippen LogP contribution in [0.2, 0.25) is 0 Å². The summed E-state index contributed by atoms with van der Waals surface area (Å²) in [5, 5.41) is 3.13. The third-order valence-corrected chi connectivity index (χ3v) is 5.80. The van der Waals surface area contributed by atoms with Gasteiger partial charge in [-0.05, 0) is 57.5 Å². The standard InChI is InChI=1S/C18H31N3O2/c1-2-17(22)21-11-7-16(8-12-21)20-9-5-15(6-10-20)18(23)19-13-14-3-4-14/h14-16H,2-13H2,1H3,(H,19,23). The lowest BCUT2D eigenvalue weighted by molar-refractivity contribution is -0.133. The minimum Gasteiger partial charge on any atom is -0.356 e. The molecule has 0 aromatic carbocycles.